The highest BCUT2D eigenvalue weighted by molar-refractivity contribution is 5.94. The fourth-order valence-corrected chi connectivity index (χ4v) is 6.91. The van der Waals surface area contributed by atoms with E-state index in [2.05, 4.69) is 27.8 Å². The van der Waals surface area contributed by atoms with Gasteiger partial charge in [0.1, 0.15) is 23.8 Å². The van der Waals surface area contributed by atoms with Crippen LogP contribution in [0.5, 0.6) is 6.01 Å². The number of piperazine rings is 1. The molecule has 3 aromatic rings. The van der Waals surface area contributed by atoms with E-state index in [1.165, 1.54) is 6.07 Å². The van der Waals surface area contributed by atoms with Crippen LogP contribution in [0.1, 0.15) is 57.7 Å². The molecule has 1 amide bonds. The summed E-state index contributed by atoms with van der Waals surface area (Å²) in [7, 11) is 2.12. The van der Waals surface area contributed by atoms with Crippen molar-refractivity contribution in [3.8, 4) is 12.1 Å². The molecule has 46 heavy (non-hydrogen) atoms. The van der Waals surface area contributed by atoms with Crippen LogP contribution in [0.3, 0.4) is 0 Å². The summed E-state index contributed by atoms with van der Waals surface area (Å²) in [5, 5.41) is 11.2. The van der Waals surface area contributed by atoms with Crippen molar-refractivity contribution >= 4 is 28.4 Å². The number of likely N-dealkylation sites (N-methyl/N-ethyl adjacent to an activating group) is 1. The molecule has 2 atom stereocenters. The number of carbonyl (C=O) groups is 1. The first-order chi connectivity index (χ1) is 22.1. The number of hydrogen-bond acceptors (Lipinski definition) is 9. The summed E-state index contributed by atoms with van der Waals surface area (Å²) < 4.78 is 27.2. The lowest BCUT2D eigenvalue weighted by Gasteiger charge is -2.42. The van der Waals surface area contributed by atoms with Gasteiger partial charge >= 0.3 is 12.1 Å². The first-order valence-electron chi connectivity index (χ1n) is 16.4. The molecule has 3 aliphatic heterocycles. The van der Waals surface area contributed by atoms with Crippen LogP contribution in [0.15, 0.2) is 36.4 Å². The van der Waals surface area contributed by atoms with E-state index in [-0.39, 0.29) is 18.3 Å². The number of carbonyl (C=O) groups excluding carboxylic acids is 1. The number of benzene rings is 2. The minimum atomic E-state index is -0.631. The lowest BCUT2D eigenvalue weighted by Crippen LogP contribution is -2.56. The molecule has 0 radical (unpaired) electrons. The number of nitrogens with zero attached hydrogens (tertiary/aromatic N) is 7. The van der Waals surface area contributed by atoms with Crippen molar-refractivity contribution in [2.24, 2.45) is 0 Å². The predicted octanol–water partition coefficient (Wildman–Crippen LogP) is 5.53. The van der Waals surface area contributed by atoms with Gasteiger partial charge in [0.05, 0.1) is 30.8 Å². The van der Waals surface area contributed by atoms with Crippen LogP contribution in [-0.4, -0.2) is 89.9 Å². The van der Waals surface area contributed by atoms with Gasteiger partial charge in [-0.1, -0.05) is 24.3 Å². The molecule has 0 aliphatic carbocycles. The Morgan fingerprint density at radius 3 is 2.59 bits per heavy atom. The molecule has 10 nitrogen and oxygen atoms in total. The Morgan fingerprint density at radius 2 is 1.85 bits per heavy atom. The second-order valence-corrected chi connectivity index (χ2v) is 13.6. The van der Waals surface area contributed by atoms with Gasteiger partial charge in [0.15, 0.2) is 0 Å². The number of nitriles is 1. The summed E-state index contributed by atoms with van der Waals surface area (Å²) in [6, 6.07) is 13.6. The molecule has 11 heteroatoms. The average Bonchev–Trinajstić information content (AvgIpc) is 3.30. The summed E-state index contributed by atoms with van der Waals surface area (Å²) in [5.74, 6) is 0.551. The van der Waals surface area contributed by atoms with E-state index in [0.29, 0.717) is 50.2 Å². The van der Waals surface area contributed by atoms with E-state index < -0.39 is 11.7 Å². The molecule has 2 aromatic carbocycles. The van der Waals surface area contributed by atoms with Crippen molar-refractivity contribution in [3.63, 3.8) is 0 Å². The third-order valence-electron chi connectivity index (χ3n) is 9.23. The maximum atomic E-state index is 15.2. The number of fused-ring (bicyclic) bond motifs is 2. The maximum Gasteiger partial charge on any atom is 0.410 e. The molecule has 1 unspecified atom stereocenters. The Labute approximate surface area is 270 Å². The van der Waals surface area contributed by atoms with Crippen LogP contribution < -0.4 is 14.5 Å². The van der Waals surface area contributed by atoms with E-state index >= 15 is 4.39 Å². The summed E-state index contributed by atoms with van der Waals surface area (Å²) >= 11 is 0. The number of hydrogen-bond donors (Lipinski definition) is 0. The summed E-state index contributed by atoms with van der Waals surface area (Å²) in [5.41, 5.74) is 2.11. The highest BCUT2D eigenvalue weighted by atomic mass is 19.1. The topological polar surface area (TPSA) is 98.1 Å². The quantitative estimate of drug-likeness (QED) is 0.348. The van der Waals surface area contributed by atoms with Crippen molar-refractivity contribution < 1.29 is 18.7 Å². The second kappa shape index (κ2) is 13.3. The zero-order chi connectivity index (χ0) is 32.4. The molecule has 3 aliphatic rings. The number of halogens is 1. The van der Waals surface area contributed by atoms with Crippen LogP contribution >= 0.6 is 0 Å². The van der Waals surface area contributed by atoms with Crippen molar-refractivity contribution in [2.75, 3.05) is 56.2 Å². The predicted molar refractivity (Wildman–Crippen MR) is 176 cm³/mol. The molecular weight excluding hydrogens is 585 g/mol. The number of anilines is 2. The smallest absolute Gasteiger partial charge is 0.410 e. The molecule has 0 saturated carbocycles. The van der Waals surface area contributed by atoms with Crippen LogP contribution in [0.25, 0.3) is 10.8 Å². The Balaban J connectivity index is 1.34. The molecular formula is C35H44FN7O3. The van der Waals surface area contributed by atoms with E-state index in [0.717, 1.165) is 66.9 Å². The highest BCUT2D eigenvalue weighted by Crippen LogP contribution is 2.35. The molecule has 0 N–H and O–H groups in total. The average molecular weight is 630 g/mol. The number of ether oxygens (including phenoxy) is 2. The zero-order valence-corrected chi connectivity index (χ0v) is 27.3. The van der Waals surface area contributed by atoms with Gasteiger partial charge in [0.25, 0.3) is 0 Å². The van der Waals surface area contributed by atoms with Crippen LogP contribution in [0, 0.1) is 17.1 Å². The van der Waals surface area contributed by atoms with E-state index in [1.54, 1.807) is 11.0 Å². The summed E-state index contributed by atoms with van der Waals surface area (Å²) in [6.45, 7) is 9.68. The third kappa shape index (κ3) is 6.82. The van der Waals surface area contributed by atoms with Crippen molar-refractivity contribution in [1.29, 1.82) is 5.26 Å². The minimum Gasteiger partial charge on any atom is -0.462 e. The fourth-order valence-electron chi connectivity index (χ4n) is 6.91. The van der Waals surface area contributed by atoms with Gasteiger partial charge in [0.2, 0.25) is 0 Å². The molecule has 1 aromatic heterocycles. The lowest BCUT2D eigenvalue weighted by molar-refractivity contribution is 0.0144. The zero-order valence-electron chi connectivity index (χ0n) is 27.3. The van der Waals surface area contributed by atoms with E-state index in [1.807, 2.05) is 45.0 Å². The van der Waals surface area contributed by atoms with Crippen LogP contribution in [-0.2, 0) is 17.7 Å². The molecule has 244 valence electrons. The summed E-state index contributed by atoms with van der Waals surface area (Å²) in [6.07, 6.45) is 3.56. The van der Waals surface area contributed by atoms with Crippen LogP contribution in [0.2, 0.25) is 0 Å². The molecule has 4 heterocycles. The largest absolute Gasteiger partial charge is 0.462 e. The van der Waals surface area contributed by atoms with Gasteiger partial charge in [-0.15, -0.1) is 0 Å². The maximum absolute atomic E-state index is 15.2. The molecule has 6 rings (SSSR count). The van der Waals surface area contributed by atoms with Crippen molar-refractivity contribution in [1.82, 2.24) is 19.8 Å². The Hall–Kier alpha value is -4.17. The Bertz CT molecular complexity index is 1610. The number of amides is 1. The van der Waals surface area contributed by atoms with Crippen LogP contribution in [0.4, 0.5) is 20.7 Å². The standard InChI is InChI=1S/C35H44FN7O3/c1-35(2,3)46-34(44)43-20-19-42(21-25(43)15-16-37)32-27-12-8-18-41(30-14-6-10-24-9-5-13-28(36)31(24)30)22-29(27)38-33(39-32)45-23-26-11-7-17-40(26)4/h5-6,9-10,13-14,25-26H,7-8,11-12,15,17-23H2,1-4H3/t25?,26-/m0/s1. The van der Waals surface area contributed by atoms with Gasteiger partial charge in [-0.2, -0.15) is 15.2 Å². The Morgan fingerprint density at radius 1 is 1.04 bits per heavy atom. The molecule has 2 saturated heterocycles. The molecule has 0 spiro atoms. The van der Waals surface area contributed by atoms with Gasteiger partial charge < -0.3 is 29.1 Å². The molecule has 2 fully saturated rings. The number of likely N-dealkylation sites (tertiary alicyclic amines) is 1. The Kier molecular flexibility index (Phi) is 9.18. The number of rotatable bonds is 6. The fraction of sp³-hybridized carbons (Fsp3) is 0.543. The van der Waals surface area contributed by atoms with Gasteiger partial charge in [-0.25, -0.2) is 9.18 Å². The first-order valence-corrected chi connectivity index (χ1v) is 16.4. The van der Waals surface area contributed by atoms with Gasteiger partial charge in [-0.05, 0) is 77.6 Å². The third-order valence-corrected chi connectivity index (χ3v) is 9.23. The second-order valence-electron chi connectivity index (χ2n) is 13.6. The SMILES string of the molecule is CN1CCC[C@H]1COc1nc2c(c(N3CCN(C(=O)OC(C)(C)C)C(CC#N)C3)n1)CCCN(c1cccc3cccc(F)c13)C2. The van der Waals surface area contributed by atoms with Gasteiger partial charge in [-0.3, -0.25) is 0 Å². The normalized spacial score (nSPS) is 20.7. The van der Waals surface area contributed by atoms with Crippen molar-refractivity contribution in [2.45, 2.75) is 77.1 Å². The van der Waals surface area contributed by atoms with E-state index in [4.69, 9.17) is 19.4 Å². The highest BCUT2D eigenvalue weighted by Gasteiger charge is 2.36. The summed E-state index contributed by atoms with van der Waals surface area (Å²) in [4.78, 5) is 31.4. The first kappa shape index (κ1) is 31.8. The monoisotopic (exact) mass is 629 g/mol. The number of aromatic nitrogens is 2. The van der Waals surface area contributed by atoms with Gasteiger partial charge in [0, 0.05) is 48.9 Å². The van der Waals surface area contributed by atoms with E-state index in [9.17, 15) is 10.1 Å². The lowest BCUT2D eigenvalue weighted by atomic mass is 10.1. The minimum absolute atomic E-state index is 0.181. The van der Waals surface area contributed by atoms with Crippen molar-refractivity contribution in [3.05, 3.63) is 53.5 Å². The molecule has 0 bridgehead atoms.